The summed E-state index contributed by atoms with van der Waals surface area (Å²) in [5.41, 5.74) is 0. The van der Waals surface area contributed by atoms with Crippen molar-refractivity contribution in [1.29, 1.82) is 0 Å². The highest BCUT2D eigenvalue weighted by atomic mass is 32.2. The molecule has 0 N–H and O–H groups in total. The monoisotopic (exact) mass is 201 g/mol. The van der Waals surface area contributed by atoms with E-state index in [0.717, 1.165) is 10.6 Å². The maximum Gasteiger partial charge on any atom is 0.137 e. The van der Waals surface area contributed by atoms with E-state index in [-0.39, 0.29) is 0 Å². The van der Waals surface area contributed by atoms with Crippen LogP contribution in [-0.4, -0.2) is 0 Å². The summed E-state index contributed by atoms with van der Waals surface area (Å²) >= 11 is 1.32. The molecule has 0 aromatic heterocycles. The van der Waals surface area contributed by atoms with Crippen LogP contribution in [0.3, 0.4) is 0 Å². The van der Waals surface area contributed by atoms with Crippen LogP contribution < -0.4 is 4.18 Å². The summed E-state index contributed by atoms with van der Waals surface area (Å²) in [6.45, 7) is 0. The average Bonchev–Trinajstić information content (AvgIpc) is 2.29. The average molecular weight is 201 g/mol. The molecule has 0 bridgehead atoms. The minimum Gasteiger partial charge on any atom is -0.421 e. The molecule has 0 spiro atoms. The third kappa shape index (κ3) is 2.54. The van der Waals surface area contributed by atoms with E-state index in [1.165, 1.54) is 12.0 Å². The van der Waals surface area contributed by atoms with E-state index in [1.807, 2.05) is 54.6 Å². The minimum atomic E-state index is 0.856. The van der Waals surface area contributed by atoms with Crippen LogP contribution in [0.4, 0.5) is 0 Å². The van der Waals surface area contributed by atoms with Crippen molar-refractivity contribution in [3.8, 4) is 5.75 Å². The van der Waals surface area contributed by atoms with Crippen molar-refractivity contribution >= 4 is 12.0 Å². The summed E-state index contributed by atoms with van der Waals surface area (Å²) in [5.74, 6) is 0.856. The quantitative estimate of drug-likeness (QED) is 0.702. The molecule has 0 fully saturated rings. The molecule has 0 heterocycles. The van der Waals surface area contributed by atoms with Gasteiger partial charge in [0.25, 0.3) is 0 Å². The first-order chi connectivity index (χ1) is 6.95. The molecular weight excluding hydrogens is 192 g/mol. The Morgan fingerprint density at radius 2 is 1.71 bits per heavy atom. The number of rotatable bonds is 3. The molecule has 1 radical (unpaired) electrons. The van der Waals surface area contributed by atoms with Gasteiger partial charge in [-0.2, -0.15) is 0 Å². The van der Waals surface area contributed by atoms with Gasteiger partial charge < -0.3 is 4.18 Å². The molecule has 0 aliphatic rings. The van der Waals surface area contributed by atoms with E-state index in [0.29, 0.717) is 0 Å². The van der Waals surface area contributed by atoms with Crippen LogP contribution >= 0.6 is 12.0 Å². The van der Waals surface area contributed by atoms with Gasteiger partial charge in [0.1, 0.15) is 5.75 Å². The molecular formula is C12H9OS. The van der Waals surface area contributed by atoms with Crippen LogP contribution in [0.25, 0.3) is 0 Å². The number of hydrogen-bond acceptors (Lipinski definition) is 2. The number of benzene rings is 2. The molecule has 0 atom stereocenters. The van der Waals surface area contributed by atoms with Crippen LogP contribution in [0.5, 0.6) is 5.75 Å². The third-order valence-corrected chi connectivity index (χ3v) is 2.36. The Bertz CT molecular complexity index is 333. The molecule has 2 heteroatoms. The smallest absolute Gasteiger partial charge is 0.137 e. The highest BCUT2D eigenvalue weighted by Crippen LogP contribution is 2.21. The van der Waals surface area contributed by atoms with Crippen LogP contribution in [0.2, 0.25) is 0 Å². The lowest BCUT2D eigenvalue weighted by Crippen LogP contribution is -1.80. The van der Waals surface area contributed by atoms with E-state index < -0.39 is 0 Å². The first-order valence-electron chi connectivity index (χ1n) is 4.31. The van der Waals surface area contributed by atoms with Gasteiger partial charge in [0.15, 0.2) is 0 Å². The first kappa shape index (κ1) is 9.16. The van der Waals surface area contributed by atoms with Crippen molar-refractivity contribution in [3.63, 3.8) is 0 Å². The fourth-order valence-corrected chi connectivity index (χ4v) is 1.55. The van der Waals surface area contributed by atoms with Gasteiger partial charge in [-0.05, 0) is 24.3 Å². The summed E-state index contributed by atoms with van der Waals surface area (Å²) in [6.07, 6.45) is 0. The minimum absolute atomic E-state index is 0.856. The molecule has 2 aromatic rings. The summed E-state index contributed by atoms with van der Waals surface area (Å²) in [5, 5.41) is 0. The molecule has 0 unspecified atom stereocenters. The van der Waals surface area contributed by atoms with Crippen molar-refractivity contribution in [1.82, 2.24) is 0 Å². The van der Waals surface area contributed by atoms with Crippen molar-refractivity contribution in [2.45, 2.75) is 4.90 Å². The Morgan fingerprint density at radius 3 is 2.43 bits per heavy atom. The molecule has 2 rings (SSSR count). The van der Waals surface area contributed by atoms with Gasteiger partial charge in [0.05, 0.1) is 16.9 Å². The highest BCUT2D eigenvalue weighted by molar-refractivity contribution is 7.95. The summed E-state index contributed by atoms with van der Waals surface area (Å²) in [6, 6.07) is 20.5. The fraction of sp³-hybridized carbons (Fsp3) is 0. The van der Waals surface area contributed by atoms with Crippen molar-refractivity contribution in [2.24, 2.45) is 0 Å². The fourth-order valence-electron chi connectivity index (χ4n) is 0.998. The Balaban J connectivity index is 1.96. The SMILES string of the molecule is [c]1ccccc1SOc1ccccc1. The maximum absolute atomic E-state index is 5.48. The lowest BCUT2D eigenvalue weighted by molar-refractivity contribution is 0.646. The van der Waals surface area contributed by atoms with Gasteiger partial charge in [-0.1, -0.05) is 36.4 Å². The van der Waals surface area contributed by atoms with Gasteiger partial charge in [-0.3, -0.25) is 0 Å². The van der Waals surface area contributed by atoms with Crippen molar-refractivity contribution in [2.75, 3.05) is 0 Å². The zero-order valence-electron chi connectivity index (χ0n) is 7.51. The molecule has 14 heavy (non-hydrogen) atoms. The normalized spacial score (nSPS) is 9.71. The lowest BCUT2D eigenvalue weighted by Gasteiger charge is -2.02. The van der Waals surface area contributed by atoms with E-state index >= 15 is 0 Å². The predicted molar refractivity (Wildman–Crippen MR) is 58.2 cm³/mol. The van der Waals surface area contributed by atoms with E-state index in [4.69, 9.17) is 4.18 Å². The molecule has 0 aliphatic heterocycles. The molecule has 2 aromatic carbocycles. The number of para-hydroxylation sites is 1. The second-order valence-electron chi connectivity index (χ2n) is 2.71. The topological polar surface area (TPSA) is 9.23 Å². The Hall–Kier alpha value is -1.41. The second kappa shape index (κ2) is 4.72. The van der Waals surface area contributed by atoms with Crippen LogP contribution in [0.15, 0.2) is 59.5 Å². The second-order valence-corrected chi connectivity index (χ2v) is 3.48. The summed E-state index contributed by atoms with van der Waals surface area (Å²) in [7, 11) is 0. The first-order valence-corrected chi connectivity index (χ1v) is 5.05. The van der Waals surface area contributed by atoms with Crippen LogP contribution in [0, 0.1) is 6.07 Å². The molecule has 0 saturated heterocycles. The predicted octanol–water partition coefficient (Wildman–Crippen LogP) is 3.57. The summed E-state index contributed by atoms with van der Waals surface area (Å²) < 4.78 is 5.48. The molecule has 1 nitrogen and oxygen atoms in total. The highest BCUT2D eigenvalue weighted by Gasteiger charge is 1.95. The third-order valence-electron chi connectivity index (χ3n) is 1.65. The number of hydrogen-bond donors (Lipinski definition) is 0. The van der Waals surface area contributed by atoms with Crippen molar-refractivity contribution in [3.05, 3.63) is 60.7 Å². The van der Waals surface area contributed by atoms with Crippen LogP contribution in [-0.2, 0) is 0 Å². The van der Waals surface area contributed by atoms with Gasteiger partial charge in [0.2, 0.25) is 0 Å². The molecule has 69 valence electrons. The lowest BCUT2D eigenvalue weighted by atomic mass is 10.3. The van der Waals surface area contributed by atoms with Gasteiger partial charge in [-0.25, -0.2) is 0 Å². The Morgan fingerprint density at radius 1 is 0.929 bits per heavy atom. The summed E-state index contributed by atoms with van der Waals surface area (Å²) in [4.78, 5) is 0.983. The van der Waals surface area contributed by atoms with Crippen molar-refractivity contribution < 1.29 is 4.18 Å². The largest absolute Gasteiger partial charge is 0.421 e. The molecule has 0 saturated carbocycles. The standard InChI is InChI=1S/C12H9OS/c1-3-7-11(8-4-1)13-14-12-9-5-2-6-10-12/h1-9H. The maximum atomic E-state index is 5.48. The molecule has 0 amide bonds. The van der Waals surface area contributed by atoms with Gasteiger partial charge in [-0.15, -0.1) is 0 Å². The van der Waals surface area contributed by atoms with E-state index in [1.54, 1.807) is 0 Å². The van der Waals surface area contributed by atoms with Gasteiger partial charge in [0, 0.05) is 0 Å². The zero-order chi connectivity index (χ0) is 9.64. The van der Waals surface area contributed by atoms with E-state index in [2.05, 4.69) is 6.07 Å². The van der Waals surface area contributed by atoms with Crippen LogP contribution in [0.1, 0.15) is 0 Å². The zero-order valence-corrected chi connectivity index (χ0v) is 8.33. The Kier molecular flexibility index (Phi) is 3.09. The van der Waals surface area contributed by atoms with E-state index in [9.17, 15) is 0 Å². The van der Waals surface area contributed by atoms with Gasteiger partial charge >= 0.3 is 0 Å². The Labute approximate surface area is 87.9 Å². The molecule has 0 aliphatic carbocycles.